The fourth-order valence-corrected chi connectivity index (χ4v) is 3.41. The highest BCUT2D eigenvalue weighted by molar-refractivity contribution is 9.10. The van der Waals surface area contributed by atoms with Crippen LogP contribution in [0.25, 0.3) is 11.3 Å². The topological polar surface area (TPSA) is 63.9 Å². The van der Waals surface area contributed by atoms with Gasteiger partial charge >= 0.3 is 0 Å². The van der Waals surface area contributed by atoms with Crippen LogP contribution >= 0.6 is 15.9 Å². The average Bonchev–Trinajstić information content (AvgIpc) is 3.31. The van der Waals surface area contributed by atoms with E-state index in [4.69, 9.17) is 0 Å². The van der Waals surface area contributed by atoms with Gasteiger partial charge in [-0.3, -0.25) is 9.78 Å². The standard InChI is InChI=1S/C18H16BrN5O/c19-15-8-14(9-20-10-15)18(25)23-7-6-16(11-23)24-12-17(21-22-24)13-4-2-1-3-5-13/h1-5,8-10,12,16H,6-7,11H2. The molecule has 0 bridgehead atoms. The lowest BCUT2D eigenvalue weighted by Gasteiger charge is -2.16. The van der Waals surface area contributed by atoms with Crippen LogP contribution in [0, 0.1) is 0 Å². The van der Waals surface area contributed by atoms with Crippen LogP contribution < -0.4 is 0 Å². The molecule has 7 heteroatoms. The summed E-state index contributed by atoms with van der Waals surface area (Å²) in [5.74, 6) is -0.000279. The third-order valence-electron chi connectivity index (χ3n) is 4.36. The molecule has 3 heterocycles. The molecule has 126 valence electrons. The second-order valence-corrected chi connectivity index (χ2v) is 6.95. The van der Waals surface area contributed by atoms with E-state index < -0.39 is 0 Å². The van der Waals surface area contributed by atoms with E-state index in [1.807, 2.05) is 46.1 Å². The lowest BCUT2D eigenvalue weighted by atomic mass is 10.2. The Morgan fingerprint density at radius 3 is 2.84 bits per heavy atom. The summed E-state index contributed by atoms with van der Waals surface area (Å²) in [5, 5.41) is 8.53. The highest BCUT2D eigenvalue weighted by Gasteiger charge is 2.29. The molecule has 1 aliphatic heterocycles. The number of carbonyl (C=O) groups is 1. The molecule has 1 saturated heterocycles. The molecule has 1 amide bonds. The van der Waals surface area contributed by atoms with Crippen molar-refractivity contribution >= 4 is 21.8 Å². The third kappa shape index (κ3) is 3.32. The Kier molecular flexibility index (Phi) is 4.31. The van der Waals surface area contributed by atoms with Crippen LogP contribution in [-0.4, -0.2) is 43.9 Å². The lowest BCUT2D eigenvalue weighted by molar-refractivity contribution is 0.0786. The van der Waals surface area contributed by atoms with Gasteiger partial charge in [-0.2, -0.15) is 0 Å². The predicted octanol–water partition coefficient (Wildman–Crippen LogP) is 3.19. The molecular weight excluding hydrogens is 382 g/mol. The second kappa shape index (κ2) is 6.76. The molecule has 25 heavy (non-hydrogen) atoms. The molecule has 1 unspecified atom stereocenters. The van der Waals surface area contributed by atoms with E-state index >= 15 is 0 Å². The minimum Gasteiger partial charge on any atom is -0.336 e. The molecule has 0 saturated carbocycles. The predicted molar refractivity (Wildman–Crippen MR) is 97.0 cm³/mol. The fraction of sp³-hybridized carbons (Fsp3) is 0.222. The van der Waals surface area contributed by atoms with Crippen LogP contribution in [-0.2, 0) is 0 Å². The molecule has 0 N–H and O–H groups in total. The molecule has 2 aromatic heterocycles. The van der Waals surface area contributed by atoms with Gasteiger partial charge in [0.2, 0.25) is 0 Å². The highest BCUT2D eigenvalue weighted by atomic mass is 79.9. The first kappa shape index (κ1) is 16.0. The number of amides is 1. The molecule has 0 aliphatic carbocycles. The summed E-state index contributed by atoms with van der Waals surface area (Å²) in [7, 11) is 0. The average molecular weight is 398 g/mol. The van der Waals surface area contributed by atoms with Crippen LogP contribution in [0.2, 0.25) is 0 Å². The summed E-state index contributed by atoms with van der Waals surface area (Å²) in [4.78, 5) is 18.5. The van der Waals surface area contributed by atoms with Crippen LogP contribution in [0.5, 0.6) is 0 Å². The van der Waals surface area contributed by atoms with E-state index in [2.05, 4.69) is 31.2 Å². The number of nitrogens with zero attached hydrogens (tertiary/aromatic N) is 5. The summed E-state index contributed by atoms with van der Waals surface area (Å²) in [6.45, 7) is 1.33. The van der Waals surface area contributed by atoms with Gasteiger partial charge in [0.15, 0.2) is 0 Å². The van der Waals surface area contributed by atoms with E-state index in [-0.39, 0.29) is 11.9 Å². The van der Waals surface area contributed by atoms with Gasteiger partial charge in [0.1, 0.15) is 5.69 Å². The summed E-state index contributed by atoms with van der Waals surface area (Å²) in [6.07, 6.45) is 6.09. The molecule has 1 atom stereocenters. The largest absolute Gasteiger partial charge is 0.336 e. The molecule has 4 rings (SSSR count). The van der Waals surface area contributed by atoms with Crippen LogP contribution in [0.1, 0.15) is 22.8 Å². The zero-order chi connectivity index (χ0) is 17.2. The van der Waals surface area contributed by atoms with E-state index in [1.165, 1.54) is 0 Å². The van der Waals surface area contributed by atoms with Gasteiger partial charge in [-0.25, -0.2) is 4.68 Å². The lowest BCUT2D eigenvalue weighted by Crippen LogP contribution is -2.29. The number of hydrogen-bond acceptors (Lipinski definition) is 4. The minimum absolute atomic E-state index is 0.000279. The summed E-state index contributed by atoms with van der Waals surface area (Å²) in [5.41, 5.74) is 2.49. The normalized spacial score (nSPS) is 17.0. The Bertz CT molecular complexity index is 895. The first-order chi connectivity index (χ1) is 12.2. The maximum atomic E-state index is 12.6. The SMILES string of the molecule is O=C(c1cncc(Br)c1)N1CCC(n2cc(-c3ccccc3)nn2)C1. The molecule has 1 aromatic carbocycles. The fourth-order valence-electron chi connectivity index (χ4n) is 3.05. The Hall–Kier alpha value is -2.54. The van der Waals surface area contributed by atoms with Crippen molar-refractivity contribution in [3.05, 3.63) is 65.0 Å². The second-order valence-electron chi connectivity index (χ2n) is 6.04. The van der Waals surface area contributed by atoms with Gasteiger partial charge in [-0.1, -0.05) is 35.5 Å². The van der Waals surface area contributed by atoms with Gasteiger partial charge in [0, 0.05) is 35.5 Å². The Balaban J connectivity index is 1.48. The Morgan fingerprint density at radius 1 is 1.20 bits per heavy atom. The van der Waals surface area contributed by atoms with Gasteiger partial charge < -0.3 is 4.90 Å². The van der Waals surface area contributed by atoms with Crippen molar-refractivity contribution in [3.63, 3.8) is 0 Å². The maximum Gasteiger partial charge on any atom is 0.255 e. The molecule has 6 nitrogen and oxygen atoms in total. The molecule has 1 aliphatic rings. The van der Waals surface area contributed by atoms with E-state index in [9.17, 15) is 4.79 Å². The van der Waals surface area contributed by atoms with Crippen molar-refractivity contribution in [1.29, 1.82) is 0 Å². The van der Waals surface area contributed by atoms with Crippen LogP contribution in [0.3, 0.4) is 0 Å². The molecule has 0 spiro atoms. The Labute approximate surface area is 153 Å². The smallest absolute Gasteiger partial charge is 0.255 e. The number of aromatic nitrogens is 4. The number of likely N-dealkylation sites (tertiary alicyclic amines) is 1. The highest BCUT2D eigenvalue weighted by Crippen LogP contribution is 2.25. The number of pyridine rings is 1. The van der Waals surface area contributed by atoms with Gasteiger partial charge in [0.25, 0.3) is 5.91 Å². The summed E-state index contributed by atoms with van der Waals surface area (Å²) < 4.78 is 2.67. The number of carbonyl (C=O) groups excluding carboxylic acids is 1. The number of benzene rings is 1. The van der Waals surface area contributed by atoms with Gasteiger partial charge in [0.05, 0.1) is 17.8 Å². The molecule has 0 radical (unpaired) electrons. The monoisotopic (exact) mass is 397 g/mol. The minimum atomic E-state index is -0.000279. The molecular formula is C18H16BrN5O. The first-order valence-electron chi connectivity index (χ1n) is 8.08. The van der Waals surface area contributed by atoms with Crippen molar-refractivity contribution in [2.45, 2.75) is 12.5 Å². The van der Waals surface area contributed by atoms with Crippen molar-refractivity contribution in [1.82, 2.24) is 24.9 Å². The van der Waals surface area contributed by atoms with Crippen molar-refractivity contribution in [2.24, 2.45) is 0 Å². The van der Waals surface area contributed by atoms with E-state index in [1.54, 1.807) is 18.5 Å². The number of rotatable bonds is 3. The summed E-state index contributed by atoms with van der Waals surface area (Å²) in [6, 6.07) is 11.9. The number of hydrogen-bond donors (Lipinski definition) is 0. The Morgan fingerprint density at radius 2 is 2.04 bits per heavy atom. The number of halogens is 1. The van der Waals surface area contributed by atoms with Crippen molar-refractivity contribution in [2.75, 3.05) is 13.1 Å². The zero-order valence-electron chi connectivity index (χ0n) is 13.4. The van der Waals surface area contributed by atoms with Gasteiger partial charge in [-0.15, -0.1) is 5.10 Å². The van der Waals surface area contributed by atoms with E-state index in [0.29, 0.717) is 18.7 Å². The maximum absolute atomic E-state index is 12.6. The van der Waals surface area contributed by atoms with Crippen molar-refractivity contribution < 1.29 is 4.79 Å². The zero-order valence-corrected chi connectivity index (χ0v) is 15.0. The van der Waals surface area contributed by atoms with Gasteiger partial charge in [-0.05, 0) is 28.4 Å². The van der Waals surface area contributed by atoms with Crippen LogP contribution in [0.15, 0.2) is 59.5 Å². The third-order valence-corrected chi connectivity index (χ3v) is 4.79. The molecule has 3 aromatic rings. The van der Waals surface area contributed by atoms with E-state index in [0.717, 1.165) is 22.2 Å². The van der Waals surface area contributed by atoms with Crippen molar-refractivity contribution in [3.8, 4) is 11.3 Å². The first-order valence-corrected chi connectivity index (χ1v) is 8.87. The summed E-state index contributed by atoms with van der Waals surface area (Å²) >= 11 is 3.36. The quantitative estimate of drug-likeness (QED) is 0.680. The molecule has 1 fully saturated rings. The van der Waals surface area contributed by atoms with Crippen LogP contribution in [0.4, 0.5) is 0 Å².